The van der Waals surface area contributed by atoms with E-state index in [4.69, 9.17) is 0 Å². The molecule has 1 heterocycles. The molecule has 0 saturated carbocycles. The van der Waals surface area contributed by atoms with Crippen molar-refractivity contribution in [2.75, 3.05) is 4.90 Å². The number of anilines is 3. The van der Waals surface area contributed by atoms with Gasteiger partial charge in [0.15, 0.2) is 0 Å². The number of hydrogen-bond acceptors (Lipinski definition) is 2. The van der Waals surface area contributed by atoms with Crippen LogP contribution in [0.3, 0.4) is 0 Å². The average molecular weight is 730 g/mol. The molecular weight excluding hydrogens is 695 g/mol. The van der Waals surface area contributed by atoms with Crippen LogP contribution in [0.15, 0.2) is 212 Å². The maximum absolute atomic E-state index is 2.52. The van der Waals surface area contributed by atoms with Gasteiger partial charge >= 0.3 is 0 Å². The highest BCUT2D eigenvalue weighted by atomic mass is 32.1. The summed E-state index contributed by atoms with van der Waals surface area (Å²) in [6.45, 7) is 0. The van der Waals surface area contributed by atoms with Crippen molar-refractivity contribution in [3.05, 3.63) is 212 Å². The summed E-state index contributed by atoms with van der Waals surface area (Å²) in [5.74, 6) is 0. The molecule has 11 aromatic rings. The third-order valence-electron chi connectivity index (χ3n) is 11.2. The molecule has 0 N–H and O–H groups in total. The lowest BCUT2D eigenvalue weighted by Gasteiger charge is -2.31. The summed E-state index contributed by atoms with van der Waals surface area (Å²) < 4.78 is 2.59. The Labute approximate surface area is 330 Å². The lowest BCUT2D eigenvalue weighted by Crippen LogP contribution is -2.13. The molecule has 2 heteroatoms. The molecule has 0 spiro atoms. The van der Waals surface area contributed by atoms with E-state index in [-0.39, 0.29) is 0 Å². The second kappa shape index (κ2) is 13.4. The van der Waals surface area contributed by atoms with Crippen molar-refractivity contribution in [1.82, 2.24) is 0 Å². The maximum atomic E-state index is 2.52. The lowest BCUT2D eigenvalue weighted by atomic mass is 9.92. The number of nitrogens with zero attached hydrogens (tertiary/aromatic N) is 1. The predicted octanol–water partition coefficient (Wildman–Crippen LogP) is 16.0. The summed E-state index contributed by atoms with van der Waals surface area (Å²) in [6.07, 6.45) is 0. The van der Waals surface area contributed by atoms with Crippen LogP contribution in [-0.4, -0.2) is 0 Å². The molecule has 0 aliphatic heterocycles. The van der Waals surface area contributed by atoms with Gasteiger partial charge in [-0.25, -0.2) is 0 Å². The van der Waals surface area contributed by atoms with E-state index in [2.05, 4.69) is 217 Å². The first-order valence-corrected chi connectivity index (χ1v) is 20.0. The van der Waals surface area contributed by atoms with E-state index in [1.54, 1.807) is 0 Å². The van der Waals surface area contributed by atoms with Crippen LogP contribution in [0, 0.1) is 0 Å². The Bertz CT molecular complexity index is 3270. The molecule has 0 radical (unpaired) electrons. The fraction of sp³-hybridized carbons (Fsp3) is 0. The third kappa shape index (κ3) is 5.54. The van der Waals surface area contributed by atoms with Gasteiger partial charge in [0.25, 0.3) is 0 Å². The second-order valence-corrected chi connectivity index (χ2v) is 15.6. The van der Waals surface area contributed by atoms with Crippen LogP contribution in [0.4, 0.5) is 17.1 Å². The zero-order valence-corrected chi connectivity index (χ0v) is 31.4. The van der Waals surface area contributed by atoms with Crippen molar-refractivity contribution in [2.45, 2.75) is 0 Å². The van der Waals surface area contributed by atoms with Crippen molar-refractivity contribution in [1.29, 1.82) is 0 Å². The minimum Gasteiger partial charge on any atom is -0.309 e. The van der Waals surface area contributed by atoms with Crippen molar-refractivity contribution in [2.24, 2.45) is 0 Å². The zero-order valence-electron chi connectivity index (χ0n) is 30.6. The van der Waals surface area contributed by atoms with Crippen LogP contribution in [0.2, 0.25) is 0 Å². The fourth-order valence-corrected chi connectivity index (χ4v) is 9.57. The summed E-state index contributed by atoms with van der Waals surface area (Å²) >= 11 is 1.86. The number of benzene rings is 10. The third-order valence-corrected chi connectivity index (χ3v) is 12.4. The molecule has 0 bridgehead atoms. The highest BCUT2D eigenvalue weighted by Crippen LogP contribution is 2.49. The zero-order chi connectivity index (χ0) is 37.0. The highest BCUT2D eigenvalue weighted by Gasteiger charge is 2.24. The minimum atomic E-state index is 1.12. The predicted molar refractivity (Wildman–Crippen MR) is 243 cm³/mol. The van der Waals surface area contributed by atoms with E-state index in [1.807, 2.05) is 11.3 Å². The monoisotopic (exact) mass is 729 g/mol. The molecular formula is C54H35NS. The number of fused-ring (bicyclic) bond motifs is 6. The van der Waals surface area contributed by atoms with Gasteiger partial charge < -0.3 is 4.90 Å². The lowest BCUT2D eigenvalue weighted by molar-refractivity contribution is 1.30. The van der Waals surface area contributed by atoms with Gasteiger partial charge in [-0.1, -0.05) is 158 Å². The average Bonchev–Trinajstić information content (AvgIpc) is 3.64. The van der Waals surface area contributed by atoms with Crippen molar-refractivity contribution < 1.29 is 0 Å². The molecule has 11 rings (SSSR count). The van der Waals surface area contributed by atoms with Crippen LogP contribution < -0.4 is 4.90 Å². The first kappa shape index (κ1) is 32.4. The van der Waals surface area contributed by atoms with Crippen LogP contribution in [0.25, 0.3) is 85.9 Å². The van der Waals surface area contributed by atoms with E-state index in [0.717, 1.165) is 17.1 Å². The Morgan fingerprint density at radius 3 is 1.66 bits per heavy atom. The van der Waals surface area contributed by atoms with Gasteiger partial charge in [0.2, 0.25) is 0 Å². The summed E-state index contributed by atoms with van der Waals surface area (Å²) in [5.41, 5.74) is 10.5. The standard InChI is InChI=1S/C54H35NS/c1-2-12-36(13-3-1)42-27-29-50(48(34-42)43-24-22-37-14-4-6-17-40(37)32-43)55(45-28-31-53-49(35-45)47-20-10-11-21-52(47)56-53)51-30-26-39-16-8-9-19-46(39)54(51)44-25-23-38-15-5-7-18-41(38)33-44/h1-35H. The van der Waals surface area contributed by atoms with Crippen molar-refractivity contribution in [3.63, 3.8) is 0 Å². The van der Waals surface area contributed by atoms with Gasteiger partial charge in [0.1, 0.15) is 0 Å². The van der Waals surface area contributed by atoms with E-state index < -0.39 is 0 Å². The summed E-state index contributed by atoms with van der Waals surface area (Å²) in [5, 5.41) is 9.92. The van der Waals surface area contributed by atoms with Gasteiger partial charge in [-0.2, -0.15) is 0 Å². The largest absolute Gasteiger partial charge is 0.309 e. The number of rotatable bonds is 6. The van der Waals surface area contributed by atoms with Crippen LogP contribution >= 0.6 is 11.3 Å². The summed E-state index contributed by atoms with van der Waals surface area (Å²) in [7, 11) is 0. The molecule has 56 heavy (non-hydrogen) atoms. The topological polar surface area (TPSA) is 3.24 Å². The van der Waals surface area contributed by atoms with Crippen LogP contribution in [0.1, 0.15) is 0 Å². The smallest absolute Gasteiger partial charge is 0.0546 e. The first-order chi connectivity index (χ1) is 27.7. The van der Waals surface area contributed by atoms with E-state index >= 15 is 0 Å². The number of hydrogen-bond donors (Lipinski definition) is 0. The first-order valence-electron chi connectivity index (χ1n) is 19.2. The van der Waals surface area contributed by atoms with Gasteiger partial charge in [-0.05, 0) is 109 Å². The van der Waals surface area contributed by atoms with E-state index in [0.29, 0.717) is 0 Å². The fourth-order valence-electron chi connectivity index (χ4n) is 8.48. The molecule has 0 aliphatic rings. The quantitative estimate of drug-likeness (QED) is 0.165. The molecule has 0 fully saturated rings. The summed E-state index contributed by atoms with van der Waals surface area (Å²) in [6, 6.07) is 78.1. The maximum Gasteiger partial charge on any atom is 0.0546 e. The molecule has 1 aromatic heterocycles. The van der Waals surface area contributed by atoms with Gasteiger partial charge in [-0.15, -0.1) is 11.3 Å². The minimum absolute atomic E-state index is 1.12. The highest BCUT2D eigenvalue weighted by molar-refractivity contribution is 7.25. The Morgan fingerprint density at radius 1 is 0.304 bits per heavy atom. The SMILES string of the molecule is c1ccc(-c2ccc(N(c3ccc4sc5ccccc5c4c3)c3ccc4ccccc4c3-c3ccc4ccccc4c3)c(-c3ccc4ccccc4c3)c2)cc1. The molecule has 10 aromatic carbocycles. The Hall–Kier alpha value is -7.00. The molecule has 0 unspecified atom stereocenters. The van der Waals surface area contributed by atoms with Gasteiger partial charge in [0, 0.05) is 37.0 Å². The van der Waals surface area contributed by atoms with Crippen molar-refractivity contribution in [3.8, 4) is 33.4 Å². The molecule has 262 valence electrons. The van der Waals surface area contributed by atoms with Crippen LogP contribution in [0.5, 0.6) is 0 Å². The van der Waals surface area contributed by atoms with E-state index in [9.17, 15) is 0 Å². The van der Waals surface area contributed by atoms with Crippen molar-refractivity contribution >= 4 is 80.9 Å². The molecule has 0 saturated heterocycles. The molecule has 0 amide bonds. The van der Waals surface area contributed by atoms with Gasteiger partial charge in [-0.3, -0.25) is 0 Å². The van der Waals surface area contributed by atoms with E-state index in [1.165, 1.54) is 85.9 Å². The number of thiophene rings is 1. The van der Waals surface area contributed by atoms with Crippen LogP contribution in [-0.2, 0) is 0 Å². The van der Waals surface area contributed by atoms with Gasteiger partial charge in [0.05, 0.1) is 11.4 Å². The summed E-state index contributed by atoms with van der Waals surface area (Å²) in [4.78, 5) is 2.52. The Kier molecular flexibility index (Phi) is 7.75. The normalized spacial score (nSPS) is 11.6. The molecule has 1 nitrogen and oxygen atoms in total. The Morgan fingerprint density at radius 2 is 0.875 bits per heavy atom. The molecule has 0 aliphatic carbocycles. The Balaban J connectivity index is 1.24. The molecule has 0 atom stereocenters. The second-order valence-electron chi connectivity index (χ2n) is 14.5.